The molecule has 3 saturated carbocycles. The fourth-order valence-corrected chi connectivity index (χ4v) is 7.51. The first-order valence-corrected chi connectivity index (χ1v) is 13.6. The van der Waals surface area contributed by atoms with Gasteiger partial charge in [0.15, 0.2) is 17.2 Å². The number of furan rings is 1. The molecule has 35 heavy (non-hydrogen) atoms. The Labute approximate surface area is 205 Å². The number of halogens is 3. The Hall–Kier alpha value is -2.46. The fourth-order valence-electron chi connectivity index (χ4n) is 5.84. The molecule has 7 nitrogen and oxygen atoms in total. The maximum atomic E-state index is 13.0. The number of carbonyl (C=O) groups is 1. The van der Waals surface area contributed by atoms with E-state index in [-0.39, 0.29) is 28.2 Å². The summed E-state index contributed by atoms with van der Waals surface area (Å²) >= 11 is 6.02. The minimum atomic E-state index is -3.86. The zero-order valence-electron chi connectivity index (χ0n) is 18.6. The number of hydrogen-bond acceptors (Lipinski definition) is 6. The van der Waals surface area contributed by atoms with E-state index in [1.54, 1.807) is 12.1 Å². The number of benzene rings is 1. The van der Waals surface area contributed by atoms with E-state index in [4.69, 9.17) is 20.4 Å². The van der Waals surface area contributed by atoms with Gasteiger partial charge in [-0.3, -0.25) is 4.79 Å². The third-order valence-corrected chi connectivity index (χ3v) is 9.49. The Balaban J connectivity index is 1.00. The highest BCUT2D eigenvalue weighted by Crippen LogP contribution is 2.62. The Morgan fingerprint density at radius 2 is 1.83 bits per heavy atom. The lowest BCUT2D eigenvalue weighted by molar-refractivity contribution is -0.103. The molecular weight excluding hydrogens is 502 g/mol. The molecule has 6 rings (SSSR count). The van der Waals surface area contributed by atoms with Gasteiger partial charge in [0.2, 0.25) is 20.9 Å². The van der Waals surface area contributed by atoms with Gasteiger partial charge >= 0.3 is 0 Å². The second kappa shape index (κ2) is 7.77. The van der Waals surface area contributed by atoms with Gasteiger partial charge in [-0.25, -0.2) is 22.2 Å². The van der Waals surface area contributed by atoms with Crippen molar-refractivity contribution in [1.29, 1.82) is 0 Å². The normalized spacial score (nSPS) is 27.9. The number of sulfone groups is 1. The van der Waals surface area contributed by atoms with Crippen LogP contribution in [0.1, 0.15) is 60.9 Å². The molecule has 3 aliphatic rings. The summed E-state index contributed by atoms with van der Waals surface area (Å²) in [5, 5.41) is 3.15. The van der Waals surface area contributed by atoms with Crippen molar-refractivity contribution in [2.24, 2.45) is 11.3 Å². The molecule has 0 atom stereocenters. The van der Waals surface area contributed by atoms with Crippen LogP contribution in [0, 0.1) is 11.3 Å². The second-order valence-corrected chi connectivity index (χ2v) is 12.8. The smallest absolute Gasteiger partial charge is 0.287 e. The van der Waals surface area contributed by atoms with E-state index < -0.39 is 46.2 Å². The highest BCUT2D eigenvalue weighted by Gasteiger charge is 2.55. The van der Waals surface area contributed by atoms with Crippen LogP contribution < -0.4 is 5.32 Å². The highest BCUT2D eigenvalue weighted by atomic mass is 35.5. The lowest BCUT2D eigenvalue weighted by atomic mass is 9.50. The van der Waals surface area contributed by atoms with Crippen LogP contribution in [0.5, 0.6) is 0 Å². The molecule has 3 aliphatic carbocycles. The predicted octanol–water partition coefficient (Wildman–Crippen LogP) is 5.35. The molecule has 1 spiro atoms. The number of fused-ring (bicyclic) bond motifs is 1. The number of oxazole rings is 1. The third-order valence-electron chi connectivity index (χ3n) is 7.51. The number of rotatable bonds is 6. The maximum Gasteiger partial charge on any atom is 0.287 e. The summed E-state index contributed by atoms with van der Waals surface area (Å²) < 4.78 is 62.0. The van der Waals surface area contributed by atoms with Crippen LogP contribution >= 0.6 is 11.6 Å². The van der Waals surface area contributed by atoms with Gasteiger partial charge in [-0.1, -0.05) is 11.6 Å². The van der Waals surface area contributed by atoms with Crippen molar-refractivity contribution in [3.8, 4) is 0 Å². The average Bonchev–Trinajstić information content (AvgIpc) is 3.34. The summed E-state index contributed by atoms with van der Waals surface area (Å²) in [5.74, 6) is -3.40. The quantitative estimate of drug-likeness (QED) is 0.466. The van der Waals surface area contributed by atoms with E-state index in [2.05, 4.69) is 10.3 Å². The van der Waals surface area contributed by atoms with Gasteiger partial charge in [-0.05, 0) is 67.3 Å². The van der Waals surface area contributed by atoms with E-state index in [1.807, 2.05) is 6.07 Å². The number of alkyl halides is 2. The van der Waals surface area contributed by atoms with Crippen LogP contribution in [-0.4, -0.2) is 37.0 Å². The SMILES string of the molecule is O=C(NC1CC2(C1)CC(c1nc3cc(Cl)ccc3o1)C2)c1ccc(S(=O)(=O)CC2CC(F)(F)C2)o1. The first-order chi connectivity index (χ1) is 16.5. The van der Waals surface area contributed by atoms with E-state index in [9.17, 15) is 22.0 Å². The largest absolute Gasteiger partial charge is 0.440 e. The molecule has 0 aliphatic heterocycles. The van der Waals surface area contributed by atoms with Crippen molar-refractivity contribution in [2.45, 2.75) is 61.5 Å². The Kier molecular flexibility index (Phi) is 5.10. The summed E-state index contributed by atoms with van der Waals surface area (Å²) in [5.41, 5.74) is 1.62. The van der Waals surface area contributed by atoms with Crippen LogP contribution in [-0.2, 0) is 9.84 Å². The van der Waals surface area contributed by atoms with Crippen LogP contribution in [0.15, 0.2) is 44.3 Å². The number of aromatic nitrogens is 1. The summed E-state index contributed by atoms with van der Waals surface area (Å²) in [4.78, 5) is 17.1. The molecule has 3 fully saturated rings. The Bertz CT molecular complexity index is 1410. The third kappa shape index (κ3) is 4.24. The van der Waals surface area contributed by atoms with Gasteiger partial charge in [0.1, 0.15) is 5.52 Å². The number of amides is 1. The molecule has 1 N–H and O–H groups in total. The zero-order valence-corrected chi connectivity index (χ0v) is 20.2. The monoisotopic (exact) mass is 524 g/mol. The van der Waals surface area contributed by atoms with Crippen molar-refractivity contribution < 1.29 is 30.8 Å². The standard InChI is InChI=1S/C24H23ClF2N2O5S/c25-15-1-2-18-17(5-15)29-22(34-18)14-8-23(9-14)10-16(11-23)28-21(30)19-3-4-20(33-19)35(31,32)12-13-6-24(26,27)7-13/h1-5,13-14,16H,6-12H2,(H,28,30). The molecule has 1 amide bonds. The minimum absolute atomic E-state index is 0.0201. The topological polar surface area (TPSA) is 102 Å². The summed E-state index contributed by atoms with van der Waals surface area (Å²) in [6.07, 6.45) is 2.63. The van der Waals surface area contributed by atoms with Crippen molar-refractivity contribution >= 4 is 38.4 Å². The van der Waals surface area contributed by atoms with Gasteiger partial charge in [0.05, 0.1) is 5.75 Å². The van der Waals surface area contributed by atoms with Crippen molar-refractivity contribution in [3.63, 3.8) is 0 Å². The van der Waals surface area contributed by atoms with Crippen LogP contribution in [0.3, 0.4) is 0 Å². The zero-order chi connectivity index (χ0) is 24.6. The van der Waals surface area contributed by atoms with E-state index in [1.165, 1.54) is 12.1 Å². The molecule has 0 radical (unpaired) electrons. The van der Waals surface area contributed by atoms with Gasteiger partial charge in [0, 0.05) is 29.8 Å². The molecule has 0 saturated heterocycles. The molecule has 0 unspecified atom stereocenters. The summed E-state index contributed by atoms with van der Waals surface area (Å²) in [7, 11) is -3.86. The number of hydrogen-bond donors (Lipinski definition) is 1. The van der Waals surface area contributed by atoms with Gasteiger partial charge in [-0.2, -0.15) is 0 Å². The lowest BCUT2D eigenvalue weighted by Crippen LogP contribution is -2.55. The van der Waals surface area contributed by atoms with E-state index >= 15 is 0 Å². The van der Waals surface area contributed by atoms with Gasteiger partial charge in [0.25, 0.3) is 5.91 Å². The lowest BCUT2D eigenvalue weighted by Gasteiger charge is -2.57. The Morgan fingerprint density at radius 1 is 1.09 bits per heavy atom. The van der Waals surface area contributed by atoms with Crippen molar-refractivity contribution in [1.82, 2.24) is 10.3 Å². The number of carbonyl (C=O) groups excluding carboxylic acids is 1. The van der Waals surface area contributed by atoms with Crippen molar-refractivity contribution in [3.05, 3.63) is 47.0 Å². The highest BCUT2D eigenvalue weighted by molar-refractivity contribution is 7.91. The van der Waals surface area contributed by atoms with Crippen LogP contribution in [0.4, 0.5) is 8.78 Å². The molecule has 1 aromatic carbocycles. The fraction of sp³-hybridized carbons (Fsp3) is 0.500. The molecule has 0 bridgehead atoms. The van der Waals surface area contributed by atoms with Crippen LogP contribution in [0.2, 0.25) is 5.02 Å². The van der Waals surface area contributed by atoms with E-state index in [0.717, 1.165) is 42.7 Å². The molecule has 2 heterocycles. The molecule has 11 heteroatoms. The number of nitrogens with zero attached hydrogens (tertiary/aromatic N) is 1. The molecule has 2 aromatic heterocycles. The van der Waals surface area contributed by atoms with E-state index in [0.29, 0.717) is 5.02 Å². The second-order valence-electron chi connectivity index (χ2n) is 10.4. The predicted molar refractivity (Wildman–Crippen MR) is 122 cm³/mol. The van der Waals surface area contributed by atoms with Gasteiger partial charge in [-0.15, -0.1) is 0 Å². The van der Waals surface area contributed by atoms with Crippen molar-refractivity contribution in [2.75, 3.05) is 5.75 Å². The average molecular weight is 525 g/mol. The van der Waals surface area contributed by atoms with Gasteiger partial charge < -0.3 is 14.2 Å². The molecular formula is C24H23ClF2N2O5S. The van der Waals surface area contributed by atoms with Crippen LogP contribution in [0.25, 0.3) is 11.1 Å². The number of nitrogens with one attached hydrogen (secondary N) is 1. The minimum Gasteiger partial charge on any atom is -0.440 e. The molecule has 186 valence electrons. The molecule has 3 aromatic rings. The maximum absolute atomic E-state index is 13.0. The summed E-state index contributed by atoms with van der Waals surface area (Å²) in [6.45, 7) is 0. The summed E-state index contributed by atoms with van der Waals surface area (Å²) in [6, 6.07) is 7.87. The Morgan fingerprint density at radius 3 is 2.54 bits per heavy atom. The first-order valence-electron chi connectivity index (χ1n) is 11.6. The first kappa shape index (κ1) is 23.0.